The lowest BCUT2D eigenvalue weighted by Crippen LogP contribution is -2.45. The van der Waals surface area contributed by atoms with Gasteiger partial charge in [-0.1, -0.05) is 29.8 Å². The van der Waals surface area contributed by atoms with Crippen LogP contribution in [0.4, 0.5) is 0 Å². The zero-order chi connectivity index (χ0) is 19.8. The normalized spacial score (nSPS) is 26.1. The highest BCUT2D eigenvalue weighted by Crippen LogP contribution is 2.48. The summed E-state index contributed by atoms with van der Waals surface area (Å²) < 4.78 is 1.76. The van der Waals surface area contributed by atoms with Crippen molar-refractivity contribution in [3.8, 4) is 0 Å². The summed E-state index contributed by atoms with van der Waals surface area (Å²) in [5, 5.41) is 13.7. The van der Waals surface area contributed by atoms with Crippen molar-refractivity contribution in [1.82, 2.24) is 14.8 Å². The number of carbonyl (C=O) groups excluding carboxylic acids is 1. The lowest BCUT2D eigenvalue weighted by Gasteiger charge is -2.38. The van der Waals surface area contributed by atoms with Gasteiger partial charge in [-0.25, -0.2) is 0 Å². The minimum atomic E-state index is -0.412. The Kier molecular flexibility index (Phi) is 5.27. The fourth-order valence-electron chi connectivity index (χ4n) is 4.83. The topological polar surface area (TPSA) is 74.6 Å². The van der Waals surface area contributed by atoms with Crippen LogP contribution < -0.4 is 10.9 Å². The second-order valence-corrected chi connectivity index (χ2v) is 7.92. The molecule has 0 unspecified atom stereocenters. The molecular weight excluding hydrogens is 378 g/mol. The number of hydrogen-bond acceptors (Lipinski definition) is 4. The van der Waals surface area contributed by atoms with E-state index in [0.717, 1.165) is 11.3 Å². The summed E-state index contributed by atoms with van der Waals surface area (Å²) in [6, 6.07) is 12.5. The number of nitrogens with zero attached hydrogens (tertiary/aromatic N) is 2. The summed E-state index contributed by atoms with van der Waals surface area (Å²) in [5.41, 5.74) is 1.81. The molecule has 1 fully saturated rings. The van der Waals surface area contributed by atoms with Crippen LogP contribution >= 0.6 is 11.6 Å². The standard InChI is InChI=1S/C21H24ClN3O3/c1-2-23-21(28)19-15(12-26)17-11-24-16(7-4-8-18(24)27)20(19)25(17)10-13-5-3-6-14(22)9-13/h3-9,15,17,19-20,26H,2,10-12H2,1H3,(H,23,28)/t15-,17-,19+,20+/m0/s1. The quantitative estimate of drug-likeness (QED) is 0.801. The molecule has 2 aromatic rings. The van der Waals surface area contributed by atoms with Crippen molar-refractivity contribution in [1.29, 1.82) is 0 Å². The molecule has 4 rings (SSSR count). The minimum Gasteiger partial charge on any atom is -0.396 e. The van der Waals surface area contributed by atoms with Gasteiger partial charge >= 0.3 is 0 Å². The molecule has 1 aromatic heterocycles. The van der Waals surface area contributed by atoms with E-state index in [-0.39, 0.29) is 36.1 Å². The van der Waals surface area contributed by atoms with Gasteiger partial charge in [0.15, 0.2) is 0 Å². The lowest BCUT2D eigenvalue weighted by molar-refractivity contribution is -0.127. The van der Waals surface area contributed by atoms with E-state index in [1.807, 2.05) is 37.3 Å². The first-order valence-electron chi connectivity index (χ1n) is 9.63. The van der Waals surface area contributed by atoms with Gasteiger partial charge in [0.05, 0.1) is 12.0 Å². The largest absolute Gasteiger partial charge is 0.396 e. The third kappa shape index (κ3) is 3.15. The highest BCUT2D eigenvalue weighted by atomic mass is 35.5. The Morgan fingerprint density at radius 2 is 2.07 bits per heavy atom. The van der Waals surface area contributed by atoms with Gasteiger partial charge in [-0.2, -0.15) is 0 Å². The number of nitrogens with one attached hydrogen (secondary N) is 1. The van der Waals surface area contributed by atoms with E-state index in [2.05, 4.69) is 10.2 Å². The third-order valence-corrected chi connectivity index (χ3v) is 6.19. The van der Waals surface area contributed by atoms with Crippen LogP contribution in [0.3, 0.4) is 0 Å². The van der Waals surface area contributed by atoms with Gasteiger partial charge in [0, 0.05) is 55.0 Å². The van der Waals surface area contributed by atoms with Gasteiger partial charge in [-0.15, -0.1) is 0 Å². The number of fused-ring (bicyclic) bond motifs is 4. The molecule has 2 N–H and O–H groups in total. The van der Waals surface area contributed by atoms with Crippen molar-refractivity contribution in [2.45, 2.75) is 32.1 Å². The Morgan fingerprint density at radius 3 is 2.79 bits per heavy atom. The Morgan fingerprint density at radius 1 is 1.29 bits per heavy atom. The van der Waals surface area contributed by atoms with Gasteiger partial charge in [0.25, 0.3) is 5.56 Å². The lowest BCUT2D eigenvalue weighted by atomic mass is 9.86. The molecule has 148 valence electrons. The van der Waals surface area contributed by atoms with Crippen LogP contribution in [0, 0.1) is 11.8 Å². The maximum absolute atomic E-state index is 12.9. The second-order valence-electron chi connectivity index (χ2n) is 7.48. The SMILES string of the molecule is CCNC(=O)[C@@H]1[C@@H](CO)[C@@H]2Cn3c(cccc3=O)[C@H]1N2Cc1cccc(Cl)c1. The van der Waals surface area contributed by atoms with Crippen LogP contribution in [0.15, 0.2) is 47.3 Å². The molecule has 6 nitrogen and oxygen atoms in total. The zero-order valence-corrected chi connectivity index (χ0v) is 16.5. The first-order valence-corrected chi connectivity index (χ1v) is 10.0. The Labute approximate surface area is 168 Å². The molecular formula is C21H24ClN3O3. The summed E-state index contributed by atoms with van der Waals surface area (Å²) in [7, 11) is 0. The van der Waals surface area contributed by atoms with Crippen LogP contribution in [-0.2, 0) is 17.9 Å². The summed E-state index contributed by atoms with van der Waals surface area (Å²) in [5.74, 6) is -0.727. The summed E-state index contributed by atoms with van der Waals surface area (Å²) in [6.07, 6.45) is 0. The predicted octanol–water partition coefficient (Wildman–Crippen LogP) is 1.80. The molecule has 28 heavy (non-hydrogen) atoms. The van der Waals surface area contributed by atoms with E-state index in [1.165, 1.54) is 0 Å². The third-order valence-electron chi connectivity index (χ3n) is 5.95. The number of amides is 1. The second kappa shape index (κ2) is 7.70. The van der Waals surface area contributed by atoms with Crippen LogP contribution in [-0.4, -0.2) is 39.7 Å². The molecule has 1 saturated heterocycles. The van der Waals surface area contributed by atoms with Gasteiger partial charge in [0.2, 0.25) is 5.91 Å². The van der Waals surface area contributed by atoms with E-state index < -0.39 is 5.92 Å². The number of aromatic nitrogens is 1. The van der Waals surface area contributed by atoms with E-state index in [9.17, 15) is 14.7 Å². The molecule has 0 radical (unpaired) electrons. The van der Waals surface area contributed by atoms with E-state index in [4.69, 9.17) is 11.6 Å². The molecule has 0 aliphatic carbocycles. The first kappa shape index (κ1) is 19.2. The fraction of sp³-hybridized carbons (Fsp3) is 0.429. The Bertz CT molecular complexity index is 944. The number of hydrogen-bond donors (Lipinski definition) is 2. The number of benzene rings is 1. The maximum atomic E-state index is 12.9. The van der Waals surface area contributed by atoms with Gasteiger partial charge in [0.1, 0.15) is 0 Å². The molecule has 7 heteroatoms. The van der Waals surface area contributed by atoms with E-state index in [0.29, 0.717) is 24.7 Å². The number of pyridine rings is 1. The molecule has 2 bridgehead atoms. The molecule has 0 saturated carbocycles. The predicted molar refractivity (Wildman–Crippen MR) is 107 cm³/mol. The molecule has 2 aliphatic heterocycles. The molecule has 4 atom stereocenters. The van der Waals surface area contributed by atoms with Crippen molar-refractivity contribution in [3.63, 3.8) is 0 Å². The summed E-state index contributed by atoms with van der Waals surface area (Å²) in [6.45, 7) is 3.38. The zero-order valence-electron chi connectivity index (χ0n) is 15.7. The average Bonchev–Trinajstić information content (AvgIpc) is 2.87. The molecule has 1 aromatic carbocycles. The van der Waals surface area contributed by atoms with Gasteiger partial charge in [-0.05, 0) is 30.7 Å². The monoisotopic (exact) mass is 401 g/mol. The fourth-order valence-corrected chi connectivity index (χ4v) is 5.04. The minimum absolute atomic E-state index is 0.0665. The highest BCUT2D eigenvalue weighted by Gasteiger charge is 2.55. The smallest absolute Gasteiger partial charge is 0.250 e. The van der Waals surface area contributed by atoms with Crippen molar-refractivity contribution in [2.75, 3.05) is 13.2 Å². The van der Waals surface area contributed by atoms with Gasteiger partial charge < -0.3 is 15.0 Å². The highest BCUT2D eigenvalue weighted by molar-refractivity contribution is 6.30. The first-order chi connectivity index (χ1) is 13.5. The number of carbonyl (C=O) groups is 1. The van der Waals surface area contributed by atoms with E-state index >= 15 is 0 Å². The number of aliphatic hydroxyl groups is 1. The van der Waals surface area contributed by atoms with Gasteiger partial charge in [-0.3, -0.25) is 14.5 Å². The number of aliphatic hydroxyl groups excluding tert-OH is 1. The number of halogens is 1. The van der Waals surface area contributed by atoms with Crippen LogP contribution in [0.2, 0.25) is 5.02 Å². The average molecular weight is 402 g/mol. The number of rotatable bonds is 5. The molecule has 1 amide bonds. The van der Waals surface area contributed by atoms with Crippen LogP contribution in [0.25, 0.3) is 0 Å². The Balaban J connectivity index is 1.80. The molecule has 2 aliphatic rings. The van der Waals surface area contributed by atoms with Crippen molar-refractivity contribution in [3.05, 3.63) is 69.1 Å². The molecule has 0 spiro atoms. The van der Waals surface area contributed by atoms with Crippen molar-refractivity contribution >= 4 is 17.5 Å². The van der Waals surface area contributed by atoms with Crippen molar-refractivity contribution < 1.29 is 9.90 Å². The summed E-state index contributed by atoms with van der Waals surface area (Å²) >= 11 is 6.16. The van der Waals surface area contributed by atoms with E-state index in [1.54, 1.807) is 16.7 Å². The Hall–Kier alpha value is -2.15. The maximum Gasteiger partial charge on any atom is 0.250 e. The van der Waals surface area contributed by atoms with Crippen molar-refractivity contribution in [2.24, 2.45) is 11.8 Å². The van der Waals surface area contributed by atoms with Crippen LogP contribution in [0.5, 0.6) is 0 Å². The van der Waals surface area contributed by atoms with Crippen LogP contribution in [0.1, 0.15) is 24.2 Å². The molecule has 3 heterocycles. The summed E-state index contributed by atoms with van der Waals surface area (Å²) in [4.78, 5) is 27.7.